The molecule has 0 heterocycles. The molecule has 1 aliphatic carbocycles. The lowest BCUT2D eigenvalue weighted by Gasteiger charge is -2.26. The van der Waals surface area contributed by atoms with Gasteiger partial charge in [0.05, 0.1) is 13.2 Å². The molecule has 2 nitrogen and oxygen atoms in total. The van der Waals surface area contributed by atoms with E-state index in [0.29, 0.717) is 5.92 Å². The van der Waals surface area contributed by atoms with Crippen molar-refractivity contribution >= 4 is 0 Å². The van der Waals surface area contributed by atoms with Crippen LogP contribution in [0.5, 0.6) is 0 Å². The molecule has 0 bridgehead atoms. The number of hydrogen-bond acceptors (Lipinski definition) is 2. The van der Waals surface area contributed by atoms with Crippen LogP contribution in [-0.4, -0.2) is 23.4 Å². The molecule has 2 heteroatoms. The Morgan fingerprint density at radius 1 is 1.42 bits per heavy atom. The largest absolute Gasteiger partial charge is 0.396 e. The summed E-state index contributed by atoms with van der Waals surface area (Å²) in [6.07, 6.45) is 4.10. The standard InChI is InChI=1S/C10H16O2/c1-7-3-4-8(2)10(6-12)9(7)5-11/h3-4,7,9,11-12H,5-6H2,1-2H3. The van der Waals surface area contributed by atoms with Gasteiger partial charge in [-0.1, -0.05) is 19.1 Å². The van der Waals surface area contributed by atoms with Crippen molar-refractivity contribution in [2.75, 3.05) is 13.2 Å². The van der Waals surface area contributed by atoms with Crippen LogP contribution in [0.4, 0.5) is 0 Å². The number of rotatable bonds is 2. The smallest absolute Gasteiger partial charge is 0.0651 e. The van der Waals surface area contributed by atoms with Crippen molar-refractivity contribution in [2.45, 2.75) is 13.8 Å². The lowest BCUT2D eigenvalue weighted by Crippen LogP contribution is -2.22. The van der Waals surface area contributed by atoms with Crippen LogP contribution in [0.15, 0.2) is 23.3 Å². The molecule has 0 fully saturated rings. The van der Waals surface area contributed by atoms with E-state index in [4.69, 9.17) is 10.2 Å². The first-order valence-corrected chi connectivity index (χ1v) is 4.30. The summed E-state index contributed by atoms with van der Waals surface area (Å²) in [6.45, 7) is 4.21. The fourth-order valence-corrected chi connectivity index (χ4v) is 1.67. The van der Waals surface area contributed by atoms with Gasteiger partial charge in [-0.2, -0.15) is 0 Å². The highest BCUT2D eigenvalue weighted by Gasteiger charge is 2.22. The Morgan fingerprint density at radius 3 is 2.50 bits per heavy atom. The average molecular weight is 168 g/mol. The number of allylic oxidation sites excluding steroid dienone is 3. The highest BCUT2D eigenvalue weighted by Crippen LogP contribution is 2.28. The zero-order valence-corrected chi connectivity index (χ0v) is 7.62. The maximum Gasteiger partial charge on any atom is 0.0651 e. The molecule has 2 unspecified atom stereocenters. The Bertz CT molecular complexity index is 216. The molecule has 0 saturated heterocycles. The SMILES string of the molecule is CC1=C(CO)C(CO)C(C)C=C1. The van der Waals surface area contributed by atoms with Crippen LogP contribution in [0, 0.1) is 11.8 Å². The van der Waals surface area contributed by atoms with Gasteiger partial charge in [0.2, 0.25) is 0 Å². The molecule has 2 N–H and O–H groups in total. The van der Waals surface area contributed by atoms with E-state index in [-0.39, 0.29) is 19.1 Å². The molecule has 2 atom stereocenters. The molecule has 1 rings (SSSR count). The second-order valence-electron chi connectivity index (χ2n) is 3.37. The van der Waals surface area contributed by atoms with E-state index in [9.17, 15) is 0 Å². The van der Waals surface area contributed by atoms with Crippen molar-refractivity contribution < 1.29 is 10.2 Å². The molecule has 1 aliphatic rings. The summed E-state index contributed by atoms with van der Waals surface area (Å²) in [5, 5.41) is 18.2. The zero-order chi connectivity index (χ0) is 9.14. The van der Waals surface area contributed by atoms with Gasteiger partial charge in [-0.3, -0.25) is 0 Å². The molecule has 0 saturated carbocycles. The first kappa shape index (κ1) is 9.49. The van der Waals surface area contributed by atoms with E-state index in [2.05, 4.69) is 13.0 Å². The minimum atomic E-state index is 0.0613. The predicted molar refractivity (Wildman–Crippen MR) is 48.7 cm³/mol. The molecular formula is C10H16O2. The van der Waals surface area contributed by atoms with Crippen LogP contribution < -0.4 is 0 Å². The van der Waals surface area contributed by atoms with Crippen molar-refractivity contribution in [3.05, 3.63) is 23.3 Å². The average Bonchev–Trinajstić information content (AvgIpc) is 2.08. The Kier molecular flexibility index (Phi) is 3.06. The Morgan fingerprint density at radius 2 is 2.08 bits per heavy atom. The Labute approximate surface area is 73.2 Å². The van der Waals surface area contributed by atoms with E-state index in [1.807, 2.05) is 13.0 Å². The van der Waals surface area contributed by atoms with Crippen molar-refractivity contribution in [3.8, 4) is 0 Å². The first-order valence-electron chi connectivity index (χ1n) is 4.30. The summed E-state index contributed by atoms with van der Waals surface area (Å²) < 4.78 is 0. The van der Waals surface area contributed by atoms with E-state index >= 15 is 0 Å². The van der Waals surface area contributed by atoms with Crippen LogP contribution in [0.2, 0.25) is 0 Å². The number of aliphatic hydroxyl groups is 2. The van der Waals surface area contributed by atoms with E-state index in [1.54, 1.807) is 0 Å². The summed E-state index contributed by atoms with van der Waals surface area (Å²) >= 11 is 0. The summed E-state index contributed by atoms with van der Waals surface area (Å²) in [7, 11) is 0. The number of hydrogen-bond donors (Lipinski definition) is 2. The predicted octanol–water partition coefficient (Wildman–Crippen LogP) is 1.11. The quantitative estimate of drug-likeness (QED) is 0.648. The van der Waals surface area contributed by atoms with E-state index in [0.717, 1.165) is 11.1 Å². The summed E-state index contributed by atoms with van der Waals surface area (Å²) in [5.74, 6) is 0.445. The van der Waals surface area contributed by atoms with Crippen LogP contribution in [0.25, 0.3) is 0 Å². The zero-order valence-electron chi connectivity index (χ0n) is 7.62. The molecule has 0 aromatic rings. The highest BCUT2D eigenvalue weighted by molar-refractivity contribution is 5.31. The molecule has 0 radical (unpaired) electrons. The van der Waals surface area contributed by atoms with Gasteiger partial charge in [-0.05, 0) is 24.0 Å². The maximum atomic E-state index is 9.10. The Hall–Kier alpha value is -0.600. The molecule has 68 valence electrons. The van der Waals surface area contributed by atoms with Crippen molar-refractivity contribution in [3.63, 3.8) is 0 Å². The van der Waals surface area contributed by atoms with Crippen LogP contribution in [-0.2, 0) is 0 Å². The first-order chi connectivity index (χ1) is 5.70. The summed E-state index contributed by atoms with van der Waals surface area (Å²) in [6, 6.07) is 0. The molecule has 0 amide bonds. The second kappa shape index (κ2) is 3.87. The van der Waals surface area contributed by atoms with Gasteiger partial charge in [-0.25, -0.2) is 0 Å². The molecule has 12 heavy (non-hydrogen) atoms. The van der Waals surface area contributed by atoms with Crippen LogP contribution in [0.3, 0.4) is 0 Å². The minimum Gasteiger partial charge on any atom is -0.396 e. The van der Waals surface area contributed by atoms with Crippen molar-refractivity contribution in [2.24, 2.45) is 11.8 Å². The summed E-state index contributed by atoms with van der Waals surface area (Å²) in [5.41, 5.74) is 2.07. The summed E-state index contributed by atoms with van der Waals surface area (Å²) in [4.78, 5) is 0. The normalized spacial score (nSPS) is 29.7. The fourth-order valence-electron chi connectivity index (χ4n) is 1.67. The molecule has 0 aromatic heterocycles. The van der Waals surface area contributed by atoms with Gasteiger partial charge in [0.15, 0.2) is 0 Å². The van der Waals surface area contributed by atoms with Gasteiger partial charge in [0.1, 0.15) is 0 Å². The lowest BCUT2D eigenvalue weighted by molar-refractivity contribution is 0.202. The van der Waals surface area contributed by atoms with Crippen LogP contribution >= 0.6 is 0 Å². The number of aliphatic hydroxyl groups excluding tert-OH is 2. The van der Waals surface area contributed by atoms with E-state index < -0.39 is 0 Å². The van der Waals surface area contributed by atoms with Crippen molar-refractivity contribution in [1.29, 1.82) is 0 Å². The third kappa shape index (κ3) is 1.59. The third-order valence-corrected chi connectivity index (χ3v) is 2.61. The minimum absolute atomic E-state index is 0.0613. The molecule has 0 aromatic carbocycles. The highest BCUT2D eigenvalue weighted by atomic mass is 16.3. The van der Waals surface area contributed by atoms with E-state index in [1.165, 1.54) is 0 Å². The topological polar surface area (TPSA) is 40.5 Å². The molecule has 0 aliphatic heterocycles. The Balaban J connectivity index is 2.90. The van der Waals surface area contributed by atoms with Gasteiger partial charge in [0.25, 0.3) is 0 Å². The fraction of sp³-hybridized carbons (Fsp3) is 0.600. The van der Waals surface area contributed by atoms with Gasteiger partial charge < -0.3 is 10.2 Å². The lowest BCUT2D eigenvalue weighted by atomic mass is 9.81. The maximum absolute atomic E-state index is 9.10. The molecular weight excluding hydrogens is 152 g/mol. The van der Waals surface area contributed by atoms with Gasteiger partial charge >= 0.3 is 0 Å². The second-order valence-corrected chi connectivity index (χ2v) is 3.37. The van der Waals surface area contributed by atoms with Crippen molar-refractivity contribution in [1.82, 2.24) is 0 Å². The monoisotopic (exact) mass is 168 g/mol. The van der Waals surface area contributed by atoms with Crippen LogP contribution in [0.1, 0.15) is 13.8 Å². The van der Waals surface area contributed by atoms with Gasteiger partial charge in [-0.15, -0.1) is 0 Å². The van der Waals surface area contributed by atoms with Gasteiger partial charge in [0, 0.05) is 5.92 Å². The molecule has 0 spiro atoms. The third-order valence-electron chi connectivity index (χ3n) is 2.61.